The summed E-state index contributed by atoms with van der Waals surface area (Å²) in [4.78, 5) is 11.6. The monoisotopic (exact) mass is 301 g/mol. The van der Waals surface area contributed by atoms with Gasteiger partial charge in [0.25, 0.3) is 0 Å². The fourth-order valence-corrected chi connectivity index (χ4v) is 5.32. The molecular weight excluding hydrogens is 274 g/mol. The normalized spacial score (nSPS) is 38.1. The largest absolute Gasteiger partial charge is 0.468 e. The summed E-state index contributed by atoms with van der Waals surface area (Å²) in [6.07, 6.45) is 4.33. The molecule has 0 spiro atoms. The molecule has 2 fully saturated rings. The minimum atomic E-state index is -0.930. The molecule has 1 aliphatic carbocycles. The summed E-state index contributed by atoms with van der Waals surface area (Å²) in [5.41, 5.74) is 0.314. The van der Waals surface area contributed by atoms with Crippen LogP contribution in [0, 0.1) is 11.3 Å². The third-order valence-electron chi connectivity index (χ3n) is 5.38. The number of carbonyl (C=O) groups is 1. The van der Waals surface area contributed by atoms with Gasteiger partial charge < -0.3 is 4.74 Å². The van der Waals surface area contributed by atoms with Crippen LogP contribution in [0.25, 0.3) is 0 Å². The summed E-state index contributed by atoms with van der Waals surface area (Å²) in [6, 6.07) is -0.185. The summed E-state index contributed by atoms with van der Waals surface area (Å²) in [5.74, 6) is 0.745. The van der Waals surface area contributed by atoms with E-state index in [2.05, 4.69) is 26.1 Å². The topological polar surface area (TPSA) is 55.4 Å². The molecule has 0 bridgehead atoms. The lowest BCUT2D eigenvalue weighted by Crippen LogP contribution is -2.60. The minimum Gasteiger partial charge on any atom is -0.468 e. The minimum absolute atomic E-state index is 0.195. The average molecular weight is 301 g/mol. The molecule has 5 unspecified atom stereocenters. The molecule has 4 nitrogen and oxygen atoms in total. The van der Waals surface area contributed by atoms with Crippen molar-refractivity contribution in [2.24, 2.45) is 11.3 Å². The van der Waals surface area contributed by atoms with E-state index in [4.69, 9.17) is 4.74 Å². The molecule has 5 atom stereocenters. The Hall–Kier alpha value is -0.420. The number of ether oxygens (including phenoxy) is 1. The van der Waals surface area contributed by atoms with Crippen LogP contribution in [-0.4, -0.2) is 40.4 Å². The van der Waals surface area contributed by atoms with Crippen LogP contribution >= 0.6 is 0 Å². The van der Waals surface area contributed by atoms with Crippen molar-refractivity contribution >= 4 is 16.8 Å². The van der Waals surface area contributed by atoms with Crippen molar-refractivity contribution in [3.63, 3.8) is 0 Å². The highest BCUT2D eigenvalue weighted by Gasteiger charge is 2.44. The summed E-state index contributed by atoms with van der Waals surface area (Å²) in [7, 11) is 0.459. The van der Waals surface area contributed by atoms with Gasteiger partial charge in [0.05, 0.1) is 12.4 Å². The molecular formula is C15H27NO3S. The van der Waals surface area contributed by atoms with Crippen molar-refractivity contribution in [1.82, 2.24) is 5.32 Å². The first kappa shape index (κ1) is 16.0. The van der Waals surface area contributed by atoms with Gasteiger partial charge in [-0.3, -0.25) is 14.3 Å². The van der Waals surface area contributed by atoms with Crippen molar-refractivity contribution in [2.45, 2.75) is 63.8 Å². The molecule has 0 amide bonds. The average Bonchev–Trinajstić information content (AvgIpc) is 2.45. The van der Waals surface area contributed by atoms with Crippen LogP contribution in [0.4, 0.5) is 0 Å². The van der Waals surface area contributed by atoms with Gasteiger partial charge in [0.1, 0.15) is 6.04 Å². The Morgan fingerprint density at radius 3 is 2.70 bits per heavy atom. The third kappa shape index (κ3) is 3.08. The fourth-order valence-electron chi connectivity index (χ4n) is 3.48. The zero-order valence-corrected chi connectivity index (χ0v) is 13.8. The van der Waals surface area contributed by atoms with Crippen molar-refractivity contribution in [1.29, 1.82) is 0 Å². The second-order valence-electron chi connectivity index (χ2n) is 6.79. The molecule has 1 N–H and O–H groups in total. The molecule has 0 aromatic rings. The van der Waals surface area contributed by atoms with E-state index in [-0.39, 0.29) is 17.3 Å². The maximum absolute atomic E-state index is 12.5. The molecule has 2 aliphatic rings. The predicted molar refractivity (Wildman–Crippen MR) is 80.9 cm³/mol. The quantitative estimate of drug-likeness (QED) is 0.808. The summed E-state index contributed by atoms with van der Waals surface area (Å²) in [6.45, 7) is 6.86. The van der Waals surface area contributed by atoms with Crippen molar-refractivity contribution in [3.05, 3.63) is 0 Å². The Morgan fingerprint density at radius 1 is 1.40 bits per heavy atom. The van der Waals surface area contributed by atoms with Crippen LogP contribution in [0.3, 0.4) is 0 Å². The third-order valence-corrected chi connectivity index (χ3v) is 7.24. The zero-order valence-electron chi connectivity index (χ0n) is 13.0. The van der Waals surface area contributed by atoms with Crippen LogP contribution < -0.4 is 5.32 Å². The summed E-state index contributed by atoms with van der Waals surface area (Å²) >= 11 is 0. The van der Waals surface area contributed by atoms with Gasteiger partial charge in [0.15, 0.2) is 0 Å². The van der Waals surface area contributed by atoms with E-state index < -0.39 is 16.8 Å². The van der Waals surface area contributed by atoms with Gasteiger partial charge in [0, 0.05) is 22.6 Å². The van der Waals surface area contributed by atoms with Gasteiger partial charge in [0.2, 0.25) is 0 Å². The van der Waals surface area contributed by atoms with Gasteiger partial charge in [-0.05, 0) is 30.6 Å². The summed E-state index contributed by atoms with van der Waals surface area (Å²) in [5, 5.41) is 3.55. The molecule has 5 heteroatoms. The number of esters is 1. The Balaban J connectivity index is 2.05. The van der Waals surface area contributed by atoms with E-state index in [1.165, 1.54) is 7.11 Å². The van der Waals surface area contributed by atoms with Gasteiger partial charge in [-0.15, -0.1) is 0 Å². The van der Waals surface area contributed by atoms with Crippen molar-refractivity contribution < 1.29 is 13.7 Å². The van der Waals surface area contributed by atoms with E-state index in [9.17, 15) is 9.00 Å². The number of rotatable bonds is 3. The molecule has 1 saturated carbocycles. The van der Waals surface area contributed by atoms with E-state index >= 15 is 0 Å². The first-order chi connectivity index (χ1) is 9.39. The number of nitrogens with one attached hydrogen (secondary N) is 1. The number of carbonyl (C=O) groups excluding carboxylic acids is 1. The van der Waals surface area contributed by atoms with Crippen LogP contribution in [0.1, 0.15) is 46.5 Å². The molecule has 1 heterocycles. The van der Waals surface area contributed by atoms with Gasteiger partial charge >= 0.3 is 5.97 Å². The van der Waals surface area contributed by atoms with Gasteiger partial charge in [-0.25, -0.2) is 0 Å². The van der Waals surface area contributed by atoms with Crippen molar-refractivity contribution in [2.75, 3.05) is 12.9 Å². The fraction of sp³-hybridized carbons (Fsp3) is 0.933. The number of methoxy groups -OCH3 is 1. The smallest absolute Gasteiger partial charge is 0.323 e. The lowest BCUT2D eigenvalue weighted by molar-refractivity contribution is -0.142. The molecule has 116 valence electrons. The molecule has 1 aliphatic heterocycles. The first-order valence-electron chi connectivity index (χ1n) is 7.60. The molecule has 0 aromatic heterocycles. The van der Waals surface area contributed by atoms with Crippen LogP contribution in [-0.2, 0) is 20.3 Å². The molecule has 20 heavy (non-hydrogen) atoms. The number of fused-ring (bicyclic) bond motifs is 1. The maximum Gasteiger partial charge on any atom is 0.323 e. The van der Waals surface area contributed by atoms with Crippen molar-refractivity contribution in [3.8, 4) is 0 Å². The van der Waals surface area contributed by atoms with Gasteiger partial charge in [-0.1, -0.05) is 27.2 Å². The van der Waals surface area contributed by atoms with E-state index in [0.29, 0.717) is 17.1 Å². The molecule has 2 rings (SSSR count). The standard InChI is InChI=1S/C15H27NO3S/c1-5-15(2,3)10-6-7-11-13(8-10)20(18)9-12(16-11)14(17)19-4/h10-13,16H,5-9H2,1-4H3. The zero-order chi connectivity index (χ0) is 14.9. The highest BCUT2D eigenvalue weighted by Crippen LogP contribution is 2.42. The maximum atomic E-state index is 12.5. The Labute approximate surface area is 124 Å². The van der Waals surface area contributed by atoms with Crippen LogP contribution in [0.2, 0.25) is 0 Å². The second-order valence-corrected chi connectivity index (χ2v) is 8.49. The highest BCUT2D eigenvalue weighted by atomic mass is 32.2. The van der Waals surface area contributed by atoms with E-state index in [0.717, 1.165) is 25.7 Å². The predicted octanol–water partition coefficient (Wildman–Crippen LogP) is 1.85. The van der Waals surface area contributed by atoms with E-state index in [1.807, 2.05) is 0 Å². The van der Waals surface area contributed by atoms with Gasteiger partial charge in [-0.2, -0.15) is 0 Å². The molecule has 0 radical (unpaired) electrons. The number of hydrogen-bond donors (Lipinski definition) is 1. The SMILES string of the molecule is CCC(C)(C)C1CCC2NC(C(=O)OC)CS(=O)C2C1. The lowest BCUT2D eigenvalue weighted by atomic mass is 9.68. The van der Waals surface area contributed by atoms with Crippen LogP contribution in [0.15, 0.2) is 0 Å². The molecule has 0 aromatic carbocycles. The second kappa shape index (κ2) is 6.14. The number of hydrogen-bond acceptors (Lipinski definition) is 4. The van der Waals surface area contributed by atoms with E-state index in [1.54, 1.807) is 0 Å². The van der Waals surface area contributed by atoms with Crippen LogP contribution in [0.5, 0.6) is 0 Å². The summed E-state index contributed by atoms with van der Waals surface area (Å²) < 4.78 is 17.3. The highest BCUT2D eigenvalue weighted by molar-refractivity contribution is 7.85. The molecule has 1 saturated heterocycles. The Morgan fingerprint density at radius 2 is 2.10 bits per heavy atom. The Bertz CT molecular complexity index is 397. The first-order valence-corrected chi connectivity index (χ1v) is 8.98. The Kier molecular flexibility index (Phi) is 4.90. The lowest BCUT2D eigenvalue weighted by Gasteiger charge is -2.45.